The van der Waals surface area contributed by atoms with Crippen molar-refractivity contribution in [3.63, 3.8) is 0 Å². The van der Waals surface area contributed by atoms with Crippen LogP contribution in [0, 0.1) is 0 Å². The number of hydrogen-bond donors (Lipinski definition) is 1. The highest BCUT2D eigenvalue weighted by Gasteiger charge is 2.37. The molecule has 0 saturated carbocycles. The third-order valence-corrected chi connectivity index (χ3v) is 3.18. The minimum Gasteiger partial charge on any atom is -0.367 e. The molecule has 2 rings (SSSR count). The molecule has 0 aliphatic carbocycles. The summed E-state index contributed by atoms with van der Waals surface area (Å²) < 4.78 is 7.44. The Balaban J connectivity index is 2.03. The van der Waals surface area contributed by atoms with Crippen molar-refractivity contribution in [2.45, 2.75) is 19.1 Å². The molecule has 1 aromatic heterocycles. The number of hydrogen-bond acceptors (Lipinski definition) is 4. The van der Waals surface area contributed by atoms with E-state index in [1.807, 2.05) is 17.8 Å². The second kappa shape index (κ2) is 4.46. The van der Waals surface area contributed by atoms with Crippen molar-refractivity contribution >= 4 is 5.91 Å². The Morgan fingerprint density at radius 3 is 3.06 bits per heavy atom. The average molecular weight is 238 g/mol. The summed E-state index contributed by atoms with van der Waals surface area (Å²) in [5.74, 6) is -0.410. The highest BCUT2D eigenvalue weighted by Crippen LogP contribution is 2.18. The molecular formula is C11H18N4O2. The van der Waals surface area contributed by atoms with Gasteiger partial charge >= 0.3 is 0 Å². The molecule has 1 unspecified atom stereocenters. The molecule has 94 valence electrons. The Kier molecular flexibility index (Phi) is 3.17. The average Bonchev–Trinajstić information content (AvgIpc) is 2.64. The van der Waals surface area contributed by atoms with Crippen LogP contribution < -0.4 is 5.73 Å². The molecule has 1 aromatic rings. The van der Waals surface area contributed by atoms with Gasteiger partial charge in [-0.15, -0.1) is 0 Å². The first-order valence-corrected chi connectivity index (χ1v) is 5.63. The molecular weight excluding hydrogens is 220 g/mol. The largest absolute Gasteiger partial charge is 0.367 e. The van der Waals surface area contributed by atoms with Crippen LogP contribution in [0.4, 0.5) is 0 Å². The number of amides is 1. The van der Waals surface area contributed by atoms with Gasteiger partial charge in [0, 0.05) is 32.9 Å². The van der Waals surface area contributed by atoms with Gasteiger partial charge in [-0.05, 0) is 6.92 Å². The minimum absolute atomic E-state index is 0.410. The van der Waals surface area contributed by atoms with Crippen LogP contribution in [0.15, 0.2) is 12.5 Å². The lowest BCUT2D eigenvalue weighted by Gasteiger charge is -2.38. The van der Waals surface area contributed by atoms with Crippen LogP contribution in [0.1, 0.15) is 12.6 Å². The van der Waals surface area contributed by atoms with Gasteiger partial charge in [0.05, 0.1) is 18.6 Å². The Morgan fingerprint density at radius 2 is 2.47 bits per heavy atom. The van der Waals surface area contributed by atoms with Crippen LogP contribution >= 0.6 is 0 Å². The third kappa shape index (κ3) is 2.48. The molecule has 1 saturated heterocycles. The molecule has 1 aliphatic heterocycles. The molecule has 1 amide bonds. The van der Waals surface area contributed by atoms with Crippen molar-refractivity contribution in [1.29, 1.82) is 0 Å². The molecule has 1 aliphatic rings. The summed E-state index contributed by atoms with van der Waals surface area (Å²) in [5.41, 5.74) is 5.59. The van der Waals surface area contributed by atoms with E-state index in [2.05, 4.69) is 9.88 Å². The normalized spacial score (nSPS) is 26.0. The summed E-state index contributed by atoms with van der Waals surface area (Å²) in [6.07, 6.45) is 3.60. The van der Waals surface area contributed by atoms with Gasteiger partial charge in [-0.25, -0.2) is 4.98 Å². The summed E-state index contributed by atoms with van der Waals surface area (Å²) in [4.78, 5) is 17.6. The van der Waals surface area contributed by atoms with Crippen molar-refractivity contribution in [2.75, 3.05) is 19.7 Å². The van der Waals surface area contributed by atoms with E-state index in [4.69, 9.17) is 10.5 Å². The number of carbonyl (C=O) groups excluding carboxylic acids is 1. The molecule has 0 spiro atoms. The minimum atomic E-state index is -0.878. The maximum atomic E-state index is 11.3. The quantitative estimate of drug-likeness (QED) is 0.770. The van der Waals surface area contributed by atoms with E-state index in [9.17, 15) is 4.79 Å². The standard InChI is InChI=1S/C11H18N4O2/c1-11(10(12)16)7-15(3-4-17-11)6-9-5-13-8-14(9)2/h5,8H,3-4,6-7H2,1-2H3,(H2,12,16). The fourth-order valence-corrected chi connectivity index (χ4v) is 2.00. The number of imidazole rings is 1. The van der Waals surface area contributed by atoms with Crippen molar-refractivity contribution in [2.24, 2.45) is 12.8 Å². The molecule has 6 heteroatoms. The molecule has 0 bridgehead atoms. The van der Waals surface area contributed by atoms with E-state index in [1.54, 1.807) is 13.3 Å². The molecule has 2 heterocycles. The van der Waals surface area contributed by atoms with Crippen LogP contribution in [-0.2, 0) is 23.1 Å². The maximum absolute atomic E-state index is 11.3. The predicted octanol–water partition coefficient (Wildman–Crippen LogP) is -0.504. The lowest BCUT2D eigenvalue weighted by molar-refractivity contribution is -0.153. The molecule has 2 N–H and O–H groups in total. The highest BCUT2D eigenvalue weighted by molar-refractivity contribution is 5.83. The highest BCUT2D eigenvalue weighted by atomic mass is 16.5. The summed E-state index contributed by atoms with van der Waals surface area (Å²) in [6.45, 7) is 4.34. The number of ether oxygens (including phenoxy) is 1. The maximum Gasteiger partial charge on any atom is 0.250 e. The number of aromatic nitrogens is 2. The van der Waals surface area contributed by atoms with E-state index < -0.39 is 11.5 Å². The van der Waals surface area contributed by atoms with Crippen LogP contribution in [0.2, 0.25) is 0 Å². The summed E-state index contributed by atoms with van der Waals surface area (Å²) >= 11 is 0. The Bertz CT molecular complexity index is 417. The fourth-order valence-electron chi connectivity index (χ4n) is 2.00. The number of nitrogens with zero attached hydrogens (tertiary/aromatic N) is 3. The zero-order valence-electron chi connectivity index (χ0n) is 10.2. The zero-order chi connectivity index (χ0) is 12.5. The number of morpholine rings is 1. The van der Waals surface area contributed by atoms with Gasteiger partial charge in [0.25, 0.3) is 5.91 Å². The molecule has 1 fully saturated rings. The molecule has 0 radical (unpaired) electrons. The van der Waals surface area contributed by atoms with Gasteiger partial charge in [-0.3, -0.25) is 9.69 Å². The van der Waals surface area contributed by atoms with Crippen molar-refractivity contribution in [1.82, 2.24) is 14.5 Å². The van der Waals surface area contributed by atoms with Crippen LogP contribution in [0.3, 0.4) is 0 Å². The first-order valence-electron chi connectivity index (χ1n) is 5.63. The Labute approximate surface area is 100 Å². The molecule has 6 nitrogen and oxygen atoms in total. The second-order valence-electron chi connectivity index (χ2n) is 4.65. The van der Waals surface area contributed by atoms with Crippen molar-refractivity contribution in [3.05, 3.63) is 18.2 Å². The van der Waals surface area contributed by atoms with Gasteiger partial charge in [0.15, 0.2) is 5.60 Å². The number of rotatable bonds is 3. The van der Waals surface area contributed by atoms with Crippen LogP contribution in [-0.4, -0.2) is 45.7 Å². The second-order valence-corrected chi connectivity index (χ2v) is 4.65. The molecule has 1 atom stereocenters. The van der Waals surface area contributed by atoms with Gasteiger partial charge in [0.1, 0.15) is 0 Å². The lowest BCUT2D eigenvalue weighted by Crippen LogP contribution is -2.56. The zero-order valence-corrected chi connectivity index (χ0v) is 10.2. The van der Waals surface area contributed by atoms with Crippen LogP contribution in [0.25, 0.3) is 0 Å². The first-order chi connectivity index (χ1) is 8.01. The van der Waals surface area contributed by atoms with Gasteiger partial charge in [0.2, 0.25) is 0 Å². The number of primary amides is 1. The topological polar surface area (TPSA) is 73.4 Å². The van der Waals surface area contributed by atoms with Crippen LogP contribution in [0.5, 0.6) is 0 Å². The van der Waals surface area contributed by atoms with Crippen molar-refractivity contribution < 1.29 is 9.53 Å². The van der Waals surface area contributed by atoms with Crippen molar-refractivity contribution in [3.8, 4) is 0 Å². The smallest absolute Gasteiger partial charge is 0.250 e. The van der Waals surface area contributed by atoms with E-state index in [0.717, 1.165) is 18.8 Å². The van der Waals surface area contributed by atoms with E-state index in [-0.39, 0.29) is 0 Å². The lowest BCUT2D eigenvalue weighted by atomic mass is 10.0. The van der Waals surface area contributed by atoms with Gasteiger partial charge < -0.3 is 15.0 Å². The summed E-state index contributed by atoms with van der Waals surface area (Å²) in [7, 11) is 1.95. The number of aryl methyl sites for hydroxylation is 1. The Hall–Kier alpha value is -1.40. The van der Waals surface area contributed by atoms with E-state index in [1.165, 1.54) is 0 Å². The van der Waals surface area contributed by atoms with E-state index >= 15 is 0 Å². The summed E-state index contributed by atoms with van der Waals surface area (Å²) in [5, 5.41) is 0. The third-order valence-electron chi connectivity index (χ3n) is 3.18. The SMILES string of the molecule is Cn1cncc1CN1CCOC(C)(C(N)=O)C1. The van der Waals surface area contributed by atoms with E-state index in [0.29, 0.717) is 13.2 Å². The number of carbonyl (C=O) groups is 1. The van der Waals surface area contributed by atoms with Gasteiger partial charge in [-0.1, -0.05) is 0 Å². The monoisotopic (exact) mass is 238 g/mol. The Morgan fingerprint density at radius 1 is 1.71 bits per heavy atom. The predicted molar refractivity (Wildman–Crippen MR) is 62.0 cm³/mol. The summed E-state index contributed by atoms with van der Waals surface area (Å²) in [6, 6.07) is 0. The fraction of sp³-hybridized carbons (Fsp3) is 0.636. The first kappa shape index (κ1) is 12.1. The molecule has 17 heavy (non-hydrogen) atoms. The number of nitrogens with two attached hydrogens (primary N) is 1. The molecule has 0 aromatic carbocycles. The van der Waals surface area contributed by atoms with Gasteiger partial charge in [-0.2, -0.15) is 0 Å².